The van der Waals surface area contributed by atoms with Gasteiger partial charge in [0.25, 0.3) is 0 Å². The molecule has 3 rings (SSSR count). The number of ether oxygens (including phenoxy) is 2. The molecule has 109 valence electrons. The largest absolute Gasteiger partial charge is 0.493 e. The number of benzene rings is 2. The Bertz CT molecular complexity index is 562. The van der Waals surface area contributed by atoms with Crippen LogP contribution in [0.5, 0.6) is 11.5 Å². The van der Waals surface area contributed by atoms with Crippen molar-refractivity contribution in [2.24, 2.45) is 0 Å². The van der Waals surface area contributed by atoms with Crippen LogP contribution in [0, 0.1) is 6.07 Å². The highest BCUT2D eigenvalue weighted by molar-refractivity contribution is 5.46. The van der Waals surface area contributed by atoms with E-state index in [0.717, 1.165) is 37.4 Å². The van der Waals surface area contributed by atoms with E-state index in [2.05, 4.69) is 17.0 Å². The lowest BCUT2D eigenvalue weighted by Crippen LogP contribution is -2.38. The van der Waals surface area contributed by atoms with Gasteiger partial charge in [-0.3, -0.25) is 0 Å². The maximum absolute atomic E-state index is 6.10. The van der Waals surface area contributed by atoms with Crippen molar-refractivity contribution in [1.29, 1.82) is 0 Å². The number of para-hydroxylation sites is 2. The fourth-order valence-electron chi connectivity index (χ4n) is 2.71. The molecule has 1 saturated heterocycles. The van der Waals surface area contributed by atoms with Crippen LogP contribution in [0.4, 0.5) is 5.69 Å². The molecule has 0 aromatic heterocycles. The summed E-state index contributed by atoms with van der Waals surface area (Å²) in [5, 5.41) is 0. The summed E-state index contributed by atoms with van der Waals surface area (Å²) in [6, 6.07) is 19.1. The lowest BCUT2D eigenvalue weighted by Gasteiger charge is -2.33. The first-order valence-electron chi connectivity index (χ1n) is 7.37. The van der Waals surface area contributed by atoms with Crippen LogP contribution in [0.1, 0.15) is 12.8 Å². The van der Waals surface area contributed by atoms with E-state index >= 15 is 0 Å². The standard InChI is InChI=1S/C18H20NO2/c1-20-17-9-5-6-10-18(17)21-16-11-13-19(14-12-16)15-7-3-2-4-8-15/h2-3,5-10,16H,11-14H2,1H3. The zero-order chi connectivity index (χ0) is 14.5. The Morgan fingerprint density at radius 2 is 1.81 bits per heavy atom. The Kier molecular flexibility index (Phi) is 4.29. The summed E-state index contributed by atoms with van der Waals surface area (Å²) in [5.41, 5.74) is 1.24. The van der Waals surface area contributed by atoms with E-state index in [4.69, 9.17) is 9.47 Å². The number of methoxy groups -OCH3 is 1. The third kappa shape index (κ3) is 3.30. The molecule has 1 heterocycles. The number of nitrogens with zero attached hydrogens (tertiary/aromatic N) is 1. The van der Waals surface area contributed by atoms with Crippen LogP contribution in [0.15, 0.2) is 48.5 Å². The molecule has 0 bridgehead atoms. The maximum Gasteiger partial charge on any atom is 0.161 e. The van der Waals surface area contributed by atoms with Gasteiger partial charge < -0.3 is 14.4 Å². The molecule has 1 aliphatic heterocycles. The quantitative estimate of drug-likeness (QED) is 0.856. The molecule has 1 aliphatic rings. The molecular weight excluding hydrogens is 262 g/mol. The molecule has 0 atom stereocenters. The molecule has 1 radical (unpaired) electrons. The van der Waals surface area contributed by atoms with Crippen LogP contribution in [0.2, 0.25) is 0 Å². The van der Waals surface area contributed by atoms with Crippen molar-refractivity contribution in [3.63, 3.8) is 0 Å². The predicted molar refractivity (Wildman–Crippen MR) is 84.1 cm³/mol. The molecule has 0 spiro atoms. The van der Waals surface area contributed by atoms with Crippen molar-refractivity contribution in [3.05, 3.63) is 54.6 Å². The summed E-state index contributed by atoms with van der Waals surface area (Å²) < 4.78 is 11.4. The van der Waals surface area contributed by atoms with E-state index in [1.165, 1.54) is 5.69 Å². The van der Waals surface area contributed by atoms with Crippen molar-refractivity contribution < 1.29 is 9.47 Å². The fraction of sp³-hybridized carbons (Fsp3) is 0.333. The first kappa shape index (κ1) is 13.8. The molecule has 2 aromatic rings. The van der Waals surface area contributed by atoms with Gasteiger partial charge in [0.15, 0.2) is 11.5 Å². The van der Waals surface area contributed by atoms with Crippen molar-refractivity contribution in [2.75, 3.05) is 25.1 Å². The molecule has 2 aromatic carbocycles. The van der Waals surface area contributed by atoms with Gasteiger partial charge in [0.2, 0.25) is 0 Å². The van der Waals surface area contributed by atoms with Crippen LogP contribution in [0.25, 0.3) is 0 Å². The van der Waals surface area contributed by atoms with Gasteiger partial charge in [0.05, 0.1) is 7.11 Å². The van der Waals surface area contributed by atoms with E-state index in [1.54, 1.807) is 7.11 Å². The number of anilines is 1. The lowest BCUT2D eigenvalue weighted by molar-refractivity contribution is 0.164. The van der Waals surface area contributed by atoms with Gasteiger partial charge in [-0.15, -0.1) is 0 Å². The third-order valence-electron chi connectivity index (χ3n) is 3.86. The van der Waals surface area contributed by atoms with Crippen molar-refractivity contribution in [3.8, 4) is 11.5 Å². The average Bonchev–Trinajstić information content (AvgIpc) is 2.57. The van der Waals surface area contributed by atoms with Crippen LogP contribution < -0.4 is 14.4 Å². The molecule has 0 amide bonds. The van der Waals surface area contributed by atoms with E-state index in [9.17, 15) is 0 Å². The topological polar surface area (TPSA) is 21.7 Å². The SMILES string of the molecule is COc1ccccc1OC1CCN(c2c[c]ccc2)CC1. The number of hydrogen-bond donors (Lipinski definition) is 0. The molecule has 1 fully saturated rings. The number of hydrogen-bond acceptors (Lipinski definition) is 3. The summed E-state index contributed by atoms with van der Waals surface area (Å²) in [7, 11) is 1.68. The molecular formula is C18H20NO2. The normalized spacial score (nSPS) is 15.8. The zero-order valence-electron chi connectivity index (χ0n) is 12.3. The number of rotatable bonds is 4. The minimum atomic E-state index is 0.255. The van der Waals surface area contributed by atoms with E-state index in [-0.39, 0.29) is 6.10 Å². The molecule has 3 heteroatoms. The molecule has 3 nitrogen and oxygen atoms in total. The highest BCUT2D eigenvalue weighted by Gasteiger charge is 2.21. The Hall–Kier alpha value is -2.16. The second kappa shape index (κ2) is 6.53. The lowest BCUT2D eigenvalue weighted by atomic mass is 10.1. The maximum atomic E-state index is 6.10. The van der Waals surface area contributed by atoms with E-state index in [1.807, 2.05) is 42.5 Å². The fourth-order valence-corrected chi connectivity index (χ4v) is 2.71. The highest BCUT2D eigenvalue weighted by atomic mass is 16.5. The first-order valence-corrected chi connectivity index (χ1v) is 7.37. The van der Waals surface area contributed by atoms with E-state index in [0.29, 0.717) is 0 Å². The Labute approximate surface area is 126 Å². The Morgan fingerprint density at radius 3 is 2.48 bits per heavy atom. The molecule has 0 N–H and O–H groups in total. The van der Waals surface area contributed by atoms with Crippen LogP contribution in [-0.2, 0) is 0 Å². The zero-order valence-corrected chi connectivity index (χ0v) is 12.3. The Balaban J connectivity index is 1.59. The molecule has 0 saturated carbocycles. The first-order chi connectivity index (χ1) is 10.4. The smallest absolute Gasteiger partial charge is 0.161 e. The molecule has 21 heavy (non-hydrogen) atoms. The predicted octanol–water partition coefficient (Wildman–Crippen LogP) is 3.54. The van der Waals surface area contributed by atoms with Crippen molar-refractivity contribution in [1.82, 2.24) is 0 Å². The Morgan fingerprint density at radius 1 is 1.05 bits per heavy atom. The second-order valence-electron chi connectivity index (χ2n) is 5.22. The average molecular weight is 282 g/mol. The minimum Gasteiger partial charge on any atom is -0.493 e. The van der Waals surface area contributed by atoms with Gasteiger partial charge in [-0.2, -0.15) is 0 Å². The van der Waals surface area contributed by atoms with Gasteiger partial charge in [-0.25, -0.2) is 0 Å². The number of piperidine rings is 1. The van der Waals surface area contributed by atoms with Crippen molar-refractivity contribution in [2.45, 2.75) is 18.9 Å². The van der Waals surface area contributed by atoms with Gasteiger partial charge in [-0.1, -0.05) is 24.3 Å². The van der Waals surface area contributed by atoms with E-state index < -0.39 is 0 Å². The minimum absolute atomic E-state index is 0.255. The van der Waals surface area contributed by atoms with Gasteiger partial charge in [0, 0.05) is 31.6 Å². The monoisotopic (exact) mass is 282 g/mol. The highest BCUT2D eigenvalue weighted by Crippen LogP contribution is 2.29. The summed E-state index contributed by atoms with van der Waals surface area (Å²) in [6.45, 7) is 2.02. The van der Waals surface area contributed by atoms with Gasteiger partial charge >= 0.3 is 0 Å². The second-order valence-corrected chi connectivity index (χ2v) is 5.22. The van der Waals surface area contributed by atoms with Gasteiger partial charge in [-0.05, 0) is 30.3 Å². The molecule has 0 unspecified atom stereocenters. The summed E-state index contributed by atoms with van der Waals surface area (Å²) in [4.78, 5) is 2.39. The summed E-state index contributed by atoms with van der Waals surface area (Å²) in [5.74, 6) is 1.64. The van der Waals surface area contributed by atoms with Crippen molar-refractivity contribution >= 4 is 5.69 Å². The van der Waals surface area contributed by atoms with Crippen LogP contribution in [0.3, 0.4) is 0 Å². The van der Waals surface area contributed by atoms with Crippen LogP contribution >= 0.6 is 0 Å². The third-order valence-corrected chi connectivity index (χ3v) is 3.86. The van der Waals surface area contributed by atoms with Gasteiger partial charge in [0.1, 0.15) is 6.10 Å². The summed E-state index contributed by atoms with van der Waals surface area (Å²) in [6.07, 6.45) is 2.30. The summed E-state index contributed by atoms with van der Waals surface area (Å²) >= 11 is 0. The molecule has 0 aliphatic carbocycles. The van der Waals surface area contributed by atoms with Crippen LogP contribution in [-0.4, -0.2) is 26.3 Å².